The van der Waals surface area contributed by atoms with E-state index in [2.05, 4.69) is 9.97 Å². The Balaban J connectivity index is 2.49. The molecule has 2 aromatic rings. The van der Waals surface area contributed by atoms with Crippen LogP contribution in [0.5, 0.6) is 0 Å². The minimum atomic E-state index is -0.268. The SMILES string of the molecule is Cc1cc(F)cc(-c2nc(C)cc(CCN)n2)c1. The summed E-state index contributed by atoms with van der Waals surface area (Å²) in [7, 11) is 0. The highest BCUT2D eigenvalue weighted by Crippen LogP contribution is 2.19. The summed E-state index contributed by atoms with van der Waals surface area (Å²) in [5.74, 6) is 0.288. The number of benzene rings is 1. The third-order valence-corrected chi connectivity index (χ3v) is 2.61. The molecule has 2 rings (SSSR count). The first-order chi connectivity index (χ1) is 8.58. The van der Waals surface area contributed by atoms with Gasteiger partial charge >= 0.3 is 0 Å². The first kappa shape index (κ1) is 12.6. The fraction of sp³-hybridized carbons (Fsp3) is 0.286. The molecular formula is C14H16FN3. The molecule has 0 spiro atoms. The van der Waals surface area contributed by atoms with Crippen LogP contribution in [-0.2, 0) is 6.42 Å². The Morgan fingerprint density at radius 2 is 1.89 bits per heavy atom. The molecule has 0 saturated heterocycles. The van der Waals surface area contributed by atoms with Crippen molar-refractivity contribution in [2.75, 3.05) is 6.54 Å². The molecule has 0 aliphatic carbocycles. The average Bonchev–Trinajstić information content (AvgIpc) is 2.27. The topological polar surface area (TPSA) is 51.8 Å². The van der Waals surface area contributed by atoms with E-state index < -0.39 is 0 Å². The molecule has 0 unspecified atom stereocenters. The van der Waals surface area contributed by atoms with Crippen LogP contribution in [0.2, 0.25) is 0 Å². The molecule has 3 nitrogen and oxygen atoms in total. The van der Waals surface area contributed by atoms with Crippen LogP contribution in [0.3, 0.4) is 0 Å². The molecule has 18 heavy (non-hydrogen) atoms. The van der Waals surface area contributed by atoms with Gasteiger partial charge in [-0.15, -0.1) is 0 Å². The van der Waals surface area contributed by atoms with E-state index in [-0.39, 0.29) is 5.82 Å². The third-order valence-electron chi connectivity index (χ3n) is 2.61. The van der Waals surface area contributed by atoms with Crippen molar-refractivity contribution >= 4 is 0 Å². The summed E-state index contributed by atoms with van der Waals surface area (Å²) in [6.45, 7) is 4.29. The van der Waals surface area contributed by atoms with Gasteiger partial charge in [0.1, 0.15) is 5.82 Å². The van der Waals surface area contributed by atoms with E-state index in [1.165, 1.54) is 12.1 Å². The summed E-state index contributed by atoms with van der Waals surface area (Å²) in [5.41, 5.74) is 8.84. The van der Waals surface area contributed by atoms with Gasteiger partial charge < -0.3 is 5.73 Å². The molecule has 1 aromatic heterocycles. The maximum atomic E-state index is 13.4. The fourth-order valence-corrected chi connectivity index (χ4v) is 1.90. The minimum absolute atomic E-state index is 0.268. The zero-order valence-corrected chi connectivity index (χ0v) is 10.6. The fourth-order valence-electron chi connectivity index (χ4n) is 1.90. The van der Waals surface area contributed by atoms with Gasteiger partial charge in [-0.05, 0) is 50.2 Å². The molecule has 94 valence electrons. The Hall–Kier alpha value is -1.81. The lowest BCUT2D eigenvalue weighted by atomic mass is 10.1. The van der Waals surface area contributed by atoms with Crippen molar-refractivity contribution in [2.45, 2.75) is 20.3 Å². The zero-order chi connectivity index (χ0) is 13.1. The van der Waals surface area contributed by atoms with Crippen molar-refractivity contribution in [1.29, 1.82) is 0 Å². The van der Waals surface area contributed by atoms with E-state index in [0.29, 0.717) is 24.4 Å². The van der Waals surface area contributed by atoms with Crippen molar-refractivity contribution in [3.8, 4) is 11.4 Å². The number of aryl methyl sites for hydroxylation is 2. The molecule has 0 fully saturated rings. The Bertz CT molecular complexity index is 547. The second-order valence-electron chi connectivity index (χ2n) is 4.38. The molecule has 0 saturated carbocycles. The summed E-state index contributed by atoms with van der Waals surface area (Å²) < 4.78 is 13.4. The first-order valence-corrected chi connectivity index (χ1v) is 5.90. The first-order valence-electron chi connectivity index (χ1n) is 5.90. The quantitative estimate of drug-likeness (QED) is 0.903. The Labute approximate surface area is 106 Å². The summed E-state index contributed by atoms with van der Waals surface area (Å²) in [4.78, 5) is 8.77. The van der Waals surface area contributed by atoms with Crippen molar-refractivity contribution < 1.29 is 4.39 Å². The van der Waals surface area contributed by atoms with Crippen LogP contribution in [0, 0.1) is 19.7 Å². The van der Waals surface area contributed by atoms with Gasteiger partial charge in [-0.2, -0.15) is 0 Å². The zero-order valence-electron chi connectivity index (χ0n) is 10.6. The van der Waals surface area contributed by atoms with E-state index in [1.54, 1.807) is 0 Å². The highest BCUT2D eigenvalue weighted by Gasteiger charge is 2.07. The summed E-state index contributed by atoms with van der Waals surface area (Å²) >= 11 is 0. The Morgan fingerprint density at radius 1 is 1.11 bits per heavy atom. The lowest BCUT2D eigenvalue weighted by Crippen LogP contribution is -2.06. The van der Waals surface area contributed by atoms with Gasteiger partial charge in [-0.3, -0.25) is 0 Å². The number of nitrogens with two attached hydrogens (primary N) is 1. The molecule has 4 heteroatoms. The molecular weight excluding hydrogens is 229 g/mol. The number of halogens is 1. The van der Waals surface area contributed by atoms with Crippen LogP contribution >= 0.6 is 0 Å². The van der Waals surface area contributed by atoms with Crippen LogP contribution in [-0.4, -0.2) is 16.5 Å². The van der Waals surface area contributed by atoms with Gasteiger partial charge in [-0.25, -0.2) is 14.4 Å². The molecule has 2 N–H and O–H groups in total. The van der Waals surface area contributed by atoms with Crippen LogP contribution < -0.4 is 5.73 Å². The molecule has 0 radical (unpaired) electrons. The monoisotopic (exact) mass is 245 g/mol. The predicted octanol–water partition coefficient (Wildman–Crippen LogP) is 2.40. The summed E-state index contributed by atoms with van der Waals surface area (Å²) in [5, 5.41) is 0. The van der Waals surface area contributed by atoms with Crippen molar-refractivity contribution in [2.24, 2.45) is 5.73 Å². The smallest absolute Gasteiger partial charge is 0.159 e. The largest absolute Gasteiger partial charge is 0.330 e. The molecule has 0 aliphatic rings. The van der Waals surface area contributed by atoms with Crippen molar-refractivity contribution in [3.05, 3.63) is 47.0 Å². The molecule has 1 aromatic carbocycles. The van der Waals surface area contributed by atoms with E-state index >= 15 is 0 Å². The van der Waals surface area contributed by atoms with E-state index in [0.717, 1.165) is 17.0 Å². The molecule has 0 aliphatic heterocycles. The Kier molecular flexibility index (Phi) is 3.67. The van der Waals surface area contributed by atoms with Crippen molar-refractivity contribution in [3.63, 3.8) is 0 Å². The molecule has 0 atom stereocenters. The number of hydrogen-bond donors (Lipinski definition) is 1. The number of aromatic nitrogens is 2. The van der Waals surface area contributed by atoms with Crippen LogP contribution in [0.15, 0.2) is 24.3 Å². The third kappa shape index (κ3) is 2.90. The number of hydrogen-bond acceptors (Lipinski definition) is 3. The molecule has 0 amide bonds. The lowest BCUT2D eigenvalue weighted by Gasteiger charge is -2.06. The lowest BCUT2D eigenvalue weighted by molar-refractivity contribution is 0.627. The second-order valence-corrected chi connectivity index (χ2v) is 4.38. The van der Waals surface area contributed by atoms with Gasteiger partial charge in [0.2, 0.25) is 0 Å². The minimum Gasteiger partial charge on any atom is -0.330 e. The highest BCUT2D eigenvalue weighted by atomic mass is 19.1. The standard InChI is InChI=1S/C14H16FN3/c1-9-5-11(8-12(15)6-9)14-17-10(2)7-13(18-14)3-4-16/h5-8H,3-4,16H2,1-2H3. The van der Waals surface area contributed by atoms with E-state index in [4.69, 9.17) is 5.73 Å². The van der Waals surface area contributed by atoms with E-state index in [9.17, 15) is 4.39 Å². The second kappa shape index (κ2) is 5.23. The number of rotatable bonds is 3. The number of nitrogens with zero attached hydrogens (tertiary/aromatic N) is 2. The van der Waals surface area contributed by atoms with Crippen LogP contribution in [0.25, 0.3) is 11.4 Å². The summed E-state index contributed by atoms with van der Waals surface area (Å²) in [6, 6.07) is 6.72. The molecule has 0 bridgehead atoms. The Morgan fingerprint density at radius 3 is 2.56 bits per heavy atom. The predicted molar refractivity (Wildman–Crippen MR) is 69.7 cm³/mol. The van der Waals surface area contributed by atoms with Gasteiger partial charge in [0.25, 0.3) is 0 Å². The highest BCUT2D eigenvalue weighted by molar-refractivity contribution is 5.56. The van der Waals surface area contributed by atoms with Gasteiger partial charge in [0.05, 0.1) is 0 Å². The normalized spacial score (nSPS) is 10.7. The maximum absolute atomic E-state index is 13.4. The van der Waals surface area contributed by atoms with Crippen molar-refractivity contribution in [1.82, 2.24) is 9.97 Å². The van der Waals surface area contributed by atoms with Gasteiger partial charge in [0.15, 0.2) is 5.82 Å². The van der Waals surface area contributed by atoms with E-state index in [1.807, 2.05) is 26.0 Å². The van der Waals surface area contributed by atoms with Gasteiger partial charge in [-0.1, -0.05) is 0 Å². The van der Waals surface area contributed by atoms with Crippen LogP contribution in [0.1, 0.15) is 17.0 Å². The summed E-state index contributed by atoms with van der Waals surface area (Å²) in [6.07, 6.45) is 0.699. The average molecular weight is 245 g/mol. The van der Waals surface area contributed by atoms with Gasteiger partial charge in [0, 0.05) is 23.4 Å². The van der Waals surface area contributed by atoms with Crippen LogP contribution in [0.4, 0.5) is 4.39 Å². The maximum Gasteiger partial charge on any atom is 0.159 e. The molecule has 1 heterocycles.